The summed E-state index contributed by atoms with van der Waals surface area (Å²) in [5, 5.41) is 0.581. The molecule has 5 rings (SSSR count). The van der Waals surface area contributed by atoms with Crippen molar-refractivity contribution in [2.45, 2.75) is 13.5 Å². The van der Waals surface area contributed by atoms with Crippen LogP contribution in [0.1, 0.15) is 11.3 Å². The molecule has 0 aliphatic carbocycles. The summed E-state index contributed by atoms with van der Waals surface area (Å²) in [4.78, 5) is 31.6. The van der Waals surface area contributed by atoms with Gasteiger partial charge in [-0.3, -0.25) is 14.2 Å². The van der Waals surface area contributed by atoms with E-state index in [-0.39, 0.29) is 22.9 Å². The SMILES string of the molecule is Cc1ccc(-c2nc3c(c(=O)c4ccccc4n3C)c(=O)n2Cc2ccco2)cc1. The number of rotatable bonds is 3. The van der Waals surface area contributed by atoms with E-state index in [1.54, 1.807) is 30.5 Å². The van der Waals surface area contributed by atoms with E-state index in [1.807, 2.05) is 54.9 Å². The van der Waals surface area contributed by atoms with E-state index in [4.69, 9.17) is 9.40 Å². The summed E-state index contributed by atoms with van der Waals surface area (Å²) in [7, 11) is 1.83. The topological polar surface area (TPSA) is 70.0 Å². The molecule has 0 aliphatic heterocycles. The average Bonchev–Trinajstić information content (AvgIpc) is 3.27. The number of hydrogen-bond donors (Lipinski definition) is 0. The van der Waals surface area contributed by atoms with Crippen molar-refractivity contribution in [1.29, 1.82) is 0 Å². The maximum Gasteiger partial charge on any atom is 0.267 e. The zero-order valence-electron chi connectivity index (χ0n) is 16.6. The summed E-state index contributed by atoms with van der Waals surface area (Å²) < 4.78 is 8.79. The molecule has 0 spiro atoms. The van der Waals surface area contributed by atoms with Gasteiger partial charge in [-0.15, -0.1) is 0 Å². The molecule has 0 amide bonds. The first-order valence-electron chi connectivity index (χ1n) is 9.66. The second kappa shape index (κ2) is 6.84. The number of hydrogen-bond acceptors (Lipinski definition) is 4. The van der Waals surface area contributed by atoms with Crippen LogP contribution < -0.4 is 11.0 Å². The van der Waals surface area contributed by atoms with Gasteiger partial charge in [0.25, 0.3) is 5.56 Å². The van der Waals surface area contributed by atoms with Gasteiger partial charge < -0.3 is 8.98 Å². The molecule has 30 heavy (non-hydrogen) atoms. The van der Waals surface area contributed by atoms with Crippen molar-refractivity contribution < 1.29 is 4.42 Å². The Hall–Kier alpha value is -3.93. The molecule has 0 saturated carbocycles. The highest BCUT2D eigenvalue weighted by Gasteiger charge is 2.19. The van der Waals surface area contributed by atoms with Crippen molar-refractivity contribution in [3.63, 3.8) is 0 Å². The van der Waals surface area contributed by atoms with E-state index < -0.39 is 0 Å². The van der Waals surface area contributed by atoms with Crippen molar-refractivity contribution in [2.75, 3.05) is 0 Å². The smallest absolute Gasteiger partial charge is 0.267 e. The lowest BCUT2D eigenvalue weighted by atomic mass is 10.1. The van der Waals surface area contributed by atoms with Gasteiger partial charge in [-0.05, 0) is 31.2 Å². The molecule has 0 N–H and O–H groups in total. The summed E-state index contributed by atoms with van der Waals surface area (Å²) in [6.45, 7) is 2.19. The zero-order chi connectivity index (χ0) is 20.8. The van der Waals surface area contributed by atoms with Crippen molar-refractivity contribution in [1.82, 2.24) is 14.1 Å². The molecular formula is C24H19N3O3. The molecule has 0 bridgehead atoms. The molecule has 0 atom stereocenters. The molecule has 0 fully saturated rings. The Balaban J connectivity index is 1.92. The number of para-hydroxylation sites is 1. The molecule has 3 heterocycles. The maximum atomic E-state index is 13.6. The minimum atomic E-state index is -0.377. The normalized spacial score (nSPS) is 11.4. The quantitative estimate of drug-likeness (QED) is 0.434. The van der Waals surface area contributed by atoms with Crippen LogP contribution in [0.4, 0.5) is 0 Å². The average molecular weight is 397 g/mol. The molecule has 3 aromatic heterocycles. The van der Waals surface area contributed by atoms with Crippen LogP contribution in [-0.4, -0.2) is 14.1 Å². The fourth-order valence-corrected chi connectivity index (χ4v) is 3.82. The van der Waals surface area contributed by atoms with Crippen LogP contribution in [0.5, 0.6) is 0 Å². The van der Waals surface area contributed by atoms with Gasteiger partial charge in [0.1, 0.15) is 17.0 Å². The van der Waals surface area contributed by atoms with E-state index >= 15 is 0 Å². The molecular weight excluding hydrogens is 378 g/mol. The van der Waals surface area contributed by atoms with Gasteiger partial charge in [0.05, 0.1) is 18.3 Å². The Morgan fingerprint density at radius 3 is 2.47 bits per heavy atom. The third-order valence-corrected chi connectivity index (χ3v) is 5.41. The third-order valence-electron chi connectivity index (χ3n) is 5.41. The molecule has 6 heteroatoms. The van der Waals surface area contributed by atoms with Gasteiger partial charge in [-0.25, -0.2) is 4.98 Å². The fraction of sp³-hybridized carbons (Fsp3) is 0.125. The Morgan fingerprint density at radius 1 is 0.967 bits per heavy atom. The van der Waals surface area contributed by atoms with Crippen molar-refractivity contribution in [2.24, 2.45) is 7.05 Å². The summed E-state index contributed by atoms with van der Waals surface area (Å²) in [5.41, 5.74) is 2.33. The Kier molecular flexibility index (Phi) is 4.13. The van der Waals surface area contributed by atoms with Crippen molar-refractivity contribution >= 4 is 21.9 Å². The van der Waals surface area contributed by atoms with Crippen LogP contribution >= 0.6 is 0 Å². The monoisotopic (exact) mass is 397 g/mol. The summed E-state index contributed by atoms with van der Waals surface area (Å²) in [6.07, 6.45) is 1.56. The molecule has 148 valence electrons. The van der Waals surface area contributed by atoms with Crippen LogP contribution in [0.2, 0.25) is 0 Å². The molecule has 5 aromatic rings. The first kappa shape index (κ1) is 18.1. The number of pyridine rings is 1. The highest BCUT2D eigenvalue weighted by Crippen LogP contribution is 2.22. The minimum Gasteiger partial charge on any atom is -0.467 e. The lowest BCUT2D eigenvalue weighted by molar-refractivity contribution is 0.490. The fourth-order valence-electron chi connectivity index (χ4n) is 3.82. The van der Waals surface area contributed by atoms with Gasteiger partial charge in [0.15, 0.2) is 5.65 Å². The zero-order valence-corrected chi connectivity index (χ0v) is 16.6. The standard InChI is InChI=1S/C24H19N3O3/c1-15-9-11-16(12-10-15)22-25-23-20(24(29)27(22)14-17-6-5-13-30-17)21(28)18-7-3-4-8-19(18)26(23)2/h3-13H,14H2,1-2H3. The maximum absolute atomic E-state index is 13.6. The molecule has 0 saturated heterocycles. The van der Waals surface area contributed by atoms with Crippen molar-refractivity contribution in [3.05, 3.63) is 98.8 Å². The molecule has 2 aromatic carbocycles. The minimum absolute atomic E-state index is 0.0821. The predicted molar refractivity (Wildman–Crippen MR) is 117 cm³/mol. The number of furan rings is 1. The van der Waals surface area contributed by atoms with Gasteiger partial charge >= 0.3 is 0 Å². The van der Waals surface area contributed by atoms with Gasteiger partial charge in [-0.1, -0.05) is 42.0 Å². The Morgan fingerprint density at radius 2 is 1.73 bits per heavy atom. The van der Waals surface area contributed by atoms with Crippen LogP contribution in [0.25, 0.3) is 33.3 Å². The highest BCUT2D eigenvalue weighted by molar-refractivity contribution is 5.91. The Bertz CT molecular complexity index is 1510. The summed E-state index contributed by atoms with van der Waals surface area (Å²) in [6, 6.07) is 18.6. The van der Waals surface area contributed by atoms with E-state index in [2.05, 4.69) is 0 Å². The molecule has 0 aliphatic rings. The second-order valence-corrected chi connectivity index (χ2v) is 7.38. The predicted octanol–water partition coefficient (Wildman–Crippen LogP) is 3.87. The van der Waals surface area contributed by atoms with Crippen LogP contribution in [0.3, 0.4) is 0 Å². The van der Waals surface area contributed by atoms with Crippen molar-refractivity contribution in [3.8, 4) is 11.4 Å². The van der Waals surface area contributed by atoms with E-state index in [0.717, 1.165) is 16.6 Å². The van der Waals surface area contributed by atoms with Crippen LogP contribution in [0, 0.1) is 6.92 Å². The summed E-state index contributed by atoms with van der Waals surface area (Å²) in [5.74, 6) is 1.11. The summed E-state index contributed by atoms with van der Waals surface area (Å²) >= 11 is 0. The molecule has 0 radical (unpaired) electrons. The number of fused-ring (bicyclic) bond motifs is 2. The lowest BCUT2D eigenvalue weighted by Gasteiger charge is -2.15. The van der Waals surface area contributed by atoms with Crippen LogP contribution in [0.15, 0.2) is 80.9 Å². The van der Waals surface area contributed by atoms with E-state index in [9.17, 15) is 9.59 Å². The molecule has 6 nitrogen and oxygen atoms in total. The number of benzene rings is 2. The molecule has 0 unspecified atom stereocenters. The third kappa shape index (κ3) is 2.76. The number of aromatic nitrogens is 3. The largest absolute Gasteiger partial charge is 0.467 e. The van der Waals surface area contributed by atoms with Gasteiger partial charge in [0.2, 0.25) is 5.43 Å². The van der Waals surface area contributed by atoms with Crippen LogP contribution in [-0.2, 0) is 13.6 Å². The lowest BCUT2D eigenvalue weighted by Crippen LogP contribution is -2.29. The first-order valence-corrected chi connectivity index (χ1v) is 9.66. The number of aryl methyl sites for hydroxylation is 2. The second-order valence-electron chi connectivity index (χ2n) is 7.38. The Labute approximate surface area is 171 Å². The van der Waals surface area contributed by atoms with Gasteiger partial charge in [-0.2, -0.15) is 0 Å². The highest BCUT2D eigenvalue weighted by atomic mass is 16.3. The number of nitrogens with zero attached hydrogens (tertiary/aromatic N) is 3. The van der Waals surface area contributed by atoms with E-state index in [0.29, 0.717) is 22.6 Å². The van der Waals surface area contributed by atoms with E-state index in [1.165, 1.54) is 4.57 Å². The van der Waals surface area contributed by atoms with Gasteiger partial charge in [0, 0.05) is 18.0 Å². The first-order chi connectivity index (χ1) is 14.5.